The quantitative estimate of drug-likeness (QED) is 0.573. The molecule has 2 aromatic carbocycles. The zero-order valence-electron chi connectivity index (χ0n) is 17.7. The lowest BCUT2D eigenvalue weighted by molar-refractivity contribution is 0.0996. The van der Waals surface area contributed by atoms with Gasteiger partial charge in [-0.05, 0) is 61.0 Å². The summed E-state index contributed by atoms with van der Waals surface area (Å²) < 4.78 is 40.6. The number of methoxy groups -OCH3 is 1. The molecule has 0 atom stereocenters. The Bertz CT molecular complexity index is 1250. The van der Waals surface area contributed by atoms with Crippen molar-refractivity contribution in [2.75, 3.05) is 23.9 Å². The molecule has 0 saturated carbocycles. The van der Waals surface area contributed by atoms with Crippen LogP contribution in [0.5, 0.6) is 5.75 Å². The first-order chi connectivity index (χ1) is 15.4. The second-order valence-corrected chi connectivity index (χ2v) is 8.81. The molecule has 3 aromatic rings. The van der Waals surface area contributed by atoms with Crippen LogP contribution in [-0.4, -0.2) is 33.8 Å². The zero-order valence-corrected chi connectivity index (χ0v) is 18.6. The summed E-state index contributed by atoms with van der Waals surface area (Å²) in [6, 6.07) is 15.0. The van der Waals surface area contributed by atoms with Gasteiger partial charge in [0, 0.05) is 17.8 Å². The Kier molecular flexibility index (Phi) is 6.00. The minimum Gasteiger partial charge on any atom is -0.497 e. The van der Waals surface area contributed by atoms with Crippen LogP contribution in [0.4, 0.5) is 11.4 Å². The lowest BCUT2D eigenvalue weighted by atomic mass is 10.1. The Morgan fingerprint density at radius 2 is 1.94 bits per heavy atom. The van der Waals surface area contributed by atoms with Crippen LogP contribution >= 0.6 is 0 Å². The largest absolute Gasteiger partial charge is 0.497 e. The summed E-state index contributed by atoms with van der Waals surface area (Å²) in [6.07, 6.45) is 3.19. The van der Waals surface area contributed by atoms with E-state index in [1.807, 2.05) is 4.90 Å². The van der Waals surface area contributed by atoms with Crippen molar-refractivity contribution in [2.45, 2.75) is 24.7 Å². The van der Waals surface area contributed by atoms with Crippen molar-refractivity contribution < 1.29 is 22.4 Å². The highest BCUT2D eigenvalue weighted by molar-refractivity contribution is 7.90. The Hall–Kier alpha value is -3.59. The van der Waals surface area contributed by atoms with Crippen LogP contribution in [0.2, 0.25) is 0 Å². The van der Waals surface area contributed by atoms with Gasteiger partial charge in [0.15, 0.2) is 11.6 Å². The van der Waals surface area contributed by atoms with Gasteiger partial charge in [-0.25, -0.2) is 0 Å². The van der Waals surface area contributed by atoms with Crippen LogP contribution in [-0.2, 0) is 10.0 Å². The number of hydrogen-bond acceptors (Lipinski definition) is 6. The second-order valence-electron chi connectivity index (χ2n) is 7.24. The third-order valence-electron chi connectivity index (χ3n) is 5.08. The molecule has 9 heteroatoms. The average Bonchev–Trinajstić information content (AvgIpc) is 3.34. The SMILES string of the molecule is CCCCN1C(c2ccc(OC)cc2)=NS(=O)(=O)c2cc(NC(=O)c3ccco3)ccc21. The molecule has 2 heterocycles. The molecule has 1 aliphatic heterocycles. The summed E-state index contributed by atoms with van der Waals surface area (Å²) in [7, 11) is -2.41. The van der Waals surface area contributed by atoms with E-state index in [1.54, 1.807) is 49.6 Å². The molecule has 1 amide bonds. The number of nitrogens with zero attached hydrogens (tertiary/aromatic N) is 2. The maximum Gasteiger partial charge on any atom is 0.291 e. The number of carbonyl (C=O) groups is 1. The van der Waals surface area contributed by atoms with Crippen molar-refractivity contribution in [3.63, 3.8) is 0 Å². The number of hydrogen-bond donors (Lipinski definition) is 1. The fraction of sp³-hybridized carbons (Fsp3) is 0.217. The molecular formula is C23H23N3O5S. The Labute approximate surface area is 186 Å². The number of benzene rings is 2. The molecule has 4 rings (SSSR count). The molecule has 1 aromatic heterocycles. The van der Waals surface area contributed by atoms with Crippen LogP contribution in [0, 0.1) is 0 Å². The third kappa shape index (κ3) is 4.24. The van der Waals surface area contributed by atoms with Gasteiger partial charge in [0.25, 0.3) is 15.9 Å². The lowest BCUT2D eigenvalue weighted by Gasteiger charge is -2.31. The summed E-state index contributed by atoms with van der Waals surface area (Å²) in [6.45, 7) is 2.67. The van der Waals surface area contributed by atoms with Gasteiger partial charge in [0.2, 0.25) is 0 Å². The molecule has 8 nitrogen and oxygen atoms in total. The van der Waals surface area contributed by atoms with Gasteiger partial charge in [-0.1, -0.05) is 13.3 Å². The maximum atomic E-state index is 13.1. The van der Waals surface area contributed by atoms with Crippen LogP contribution in [0.3, 0.4) is 0 Å². The molecule has 0 aliphatic carbocycles. The van der Waals surface area contributed by atoms with Crippen molar-refractivity contribution in [3.05, 3.63) is 72.2 Å². The number of ether oxygens (including phenoxy) is 1. The minimum absolute atomic E-state index is 0.0445. The highest BCUT2D eigenvalue weighted by Gasteiger charge is 2.32. The number of sulfonamides is 1. The van der Waals surface area contributed by atoms with Crippen molar-refractivity contribution in [1.29, 1.82) is 0 Å². The van der Waals surface area contributed by atoms with Crippen molar-refractivity contribution in [3.8, 4) is 5.75 Å². The molecule has 0 spiro atoms. The molecule has 0 saturated heterocycles. The Balaban J connectivity index is 1.73. The third-order valence-corrected chi connectivity index (χ3v) is 6.37. The van der Waals surface area contributed by atoms with Crippen LogP contribution in [0.25, 0.3) is 0 Å². The van der Waals surface area contributed by atoms with E-state index >= 15 is 0 Å². The van der Waals surface area contributed by atoms with E-state index in [9.17, 15) is 13.2 Å². The first kappa shape index (κ1) is 21.6. The van der Waals surface area contributed by atoms with Crippen LogP contribution in [0.15, 0.2) is 74.6 Å². The van der Waals surface area contributed by atoms with E-state index in [0.717, 1.165) is 12.8 Å². The molecule has 1 N–H and O–H groups in total. The predicted molar refractivity (Wildman–Crippen MR) is 122 cm³/mol. The fourth-order valence-electron chi connectivity index (χ4n) is 3.44. The molecule has 0 fully saturated rings. The Morgan fingerprint density at radius 1 is 1.16 bits per heavy atom. The molecule has 0 unspecified atom stereocenters. The summed E-state index contributed by atoms with van der Waals surface area (Å²) >= 11 is 0. The van der Waals surface area contributed by atoms with Gasteiger partial charge in [0.05, 0.1) is 19.1 Å². The summed E-state index contributed by atoms with van der Waals surface area (Å²) in [5.74, 6) is 0.704. The van der Waals surface area contributed by atoms with E-state index in [1.165, 1.54) is 18.4 Å². The molecule has 32 heavy (non-hydrogen) atoms. The number of furan rings is 1. The Morgan fingerprint density at radius 3 is 2.59 bits per heavy atom. The smallest absolute Gasteiger partial charge is 0.291 e. The minimum atomic E-state index is -3.98. The average molecular weight is 454 g/mol. The number of rotatable bonds is 7. The first-order valence-corrected chi connectivity index (χ1v) is 11.6. The zero-order chi connectivity index (χ0) is 22.7. The number of amides is 1. The monoisotopic (exact) mass is 453 g/mol. The van der Waals surface area contributed by atoms with E-state index in [4.69, 9.17) is 9.15 Å². The fourth-order valence-corrected chi connectivity index (χ4v) is 4.69. The molecule has 166 valence electrons. The highest BCUT2D eigenvalue weighted by Crippen LogP contribution is 2.35. The second kappa shape index (κ2) is 8.88. The maximum absolute atomic E-state index is 13.1. The molecule has 0 radical (unpaired) electrons. The standard InChI is InChI=1S/C23H23N3O5S/c1-3-4-13-26-19-12-9-17(24-23(27)20-6-5-14-31-20)15-21(19)32(28,29)25-22(26)16-7-10-18(30-2)11-8-16/h5-12,14-15H,3-4,13H2,1-2H3,(H,24,27). The van der Waals surface area contributed by atoms with E-state index in [0.29, 0.717) is 35.1 Å². The van der Waals surface area contributed by atoms with Crippen molar-refractivity contribution in [2.24, 2.45) is 4.40 Å². The summed E-state index contributed by atoms with van der Waals surface area (Å²) in [5, 5.41) is 2.67. The summed E-state index contributed by atoms with van der Waals surface area (Å²) in [5.41, 5.74) is 1.54. The van der Waals surface area contributed by atoms with E-state index < -0.39 is 15.9 Å². The normalized spacial score (nSPS) is 14.4. The lowest BCUT2D eigenvalue weighted by Crippen LogP contribution is -2.37. The van der Waals surface area contributed by atoms with E-state index in [-0.39, 0.29) is 10.7 Å². The van der Waals surface area contributed by atoms with E-state index in [2.05, 4.69) is 16.6 Å². The number of nitrogens with one attached hydrogen (secondary N) is 1. The van der Waals surface area contributed by atoms with Gasteiger partial charge in [-0.15, -0.1) is 4.40 Å². The van der Waals surface area contributed by atoms with Crippen molar-refractivity contribution in [1.82, 2.24) is 0 Å². The molecule has 1 aliphatic rings. The first-order valence-electron chi connectivity index (χ1n) is 10.2. The van der Waals surface area contributed by atoms with Crippen LogP contribution < -0.4 is 15.0 Å². The van der Waals surface area contributed by atoms with Gasteiger partial charge in [0.1, 0.15) is 10.6 Å². The number of amidine groups is 1. The molecular weight excluding hydrogens is 430 g/mol. The predicted octanol–water partition coefficient (Wildman–Crippen LogP) is 4.30. The number of carbonyl (C=O) groups excluding carboxylic acids is 1. The number of unbranched alkanes of at least 4 members (excludes halogenated alkanes) is 1. The number of anilines is 2. The van der Waals surface area contributed by atoms with Crippen LogP contribution in [0.1, 0.15) is 35.9 Å². The topological polar surface area (TPSA) is 101 Å². The summed E-state index contributed by atoms with van der Waals surface area (Å²) in [4.78, 5) is 14.2. The highest BCUT2D eigenvalue weighted by atomic mass is 32.2. The van der Waals surface area contributed by atoms with Gasteiger partial charge >= 0.3 is 0 Å². The van der Waals surface area contributed by atoms with Gasteiger partial charge < -0.3 is 19.4 Å². The van der Waals surface area contributed by atoms with Gasteiger partial charge in [-0.3, -0.25) is 4.79 Å². The molecule has 0 bridgehead atoms. The number of fused-ring (bicyclic) bond motifs is 1. The van der Waals surface area contributed by atoms with Crippen molar-refractivity contribution >= 4 is 33.1 Å². The van der Waals surface area contributed by atoms with Gasteiger partial charge in [-0.2, -0.15) is 8.42 Å².